The third-order valence-electron chi connectivity index (χ3n) is 5.48. The highest BCUT2D eigenvalue weighted by molar-refractivity contribution is 5.86. The molecule has 2 aromatic rings. The fourth-order valence-electron chi connectivity index (χ4n) is 4.15. The number of carbonyl (C=O) groups excluding carboxylic acids is 1. The average Bonchev–Trinajstić information content (AvgIpc) is 2.52. The molecule has 2 atom stereocenters. The van der Waals surface area contributed by atoms with Gasteiger partial charge in [-0.2, -0.15) is 0 Å². The first kappa shape index (κ1) is 12.8. The summed E-state index contributed by atoms with van der Waals surface area (Å²) in [6.07, 6.45) is 3.94. The zero-order chi connectivity index (χ0) is 14.4. The summed E-state index contributed by atoms with van der Waals surface area (Å²) < 4.78 is 0. The lowest BCUT2D eigenvalue weighted by Gasteiger charge is -2.44. The lowest BCUT2D eigenvalue weighted by Crippen LogP contribution is -2.50. The van der Waals surface area contributed by atoms with Crippen LogP contribution in [0.1, 0.15) is 43.4 Å². The molecule has 108 valence electrons. The molecule has 0 bridgehead atoms. The predicted octanol–water partition coefficient (Wildman–Crippen LogP) is 3.18. The highest BCUT2D eigenvalue weighted by Crippen LogP contribution is 2.49. The van der Waals surface area contributed by atoms with E-state index < -0.39 is 0 Å². The smallest absolute Gasteiger partial charge is 0.226 e. The molecule has 0 radical (unpaired) electrons. The van der Waals surface area contributed by atoms with Gasteiger partial charge in [-0.25, -0.2) is 0 Å². The number of para-hydroxylation sites is 1. The molecule has 1 aliphatic heterocycles. The third-order valence-corrected chi connectivity index (χ3v) is 5.48. The summed E-state index contributed by atoms with van der Waals surface area (Å²) in [6, 6.07) is 10.5. The topological polar surface area (TPSA) is 42.0 Å². The van der Waals surface area contributed by atoms with Gasteiger partial charge in [-0.15, -0.1) is 0 Å². The van der Waals surface area contributed by atoms with Gasteiger partial charge in [0.2, 0.25) is 5.91 Å². The molecular weight excluding hydrogens is 260 g/mol. The second kappa shape index (κ2) is 4.55. The maximum Gasteiger partial charge on any atom is 0.226 e. The minimum absolute atomic E-state index is 0.213. The molecular formula is C18H20N2O. The van der Waals surface area contributed by atoms with Gasteiger partial charge in [0, 0.05) is 17.6 Å². The molecule has 1 fully saturated rings. The van der Waals surface area contributed by atoms with Gasteiger partial charge in [-0.05, 0) is 49.3 Å². The molecule has 21 heavy (non-hydrogen) atoms. The largest absolute Gasteiger partial charge is 0.356 e. The maximum atomic E-state index is 12.5. The first-order valence-electron chi connectivity index (χ1n) is 7.87. The van der Waals surface area contributed by atoms with Crippen molar-refractivity contribution in [1.82, 2.24) is 10.3 Å². The van der Waals surface area contributed by atoms with E-state index in [0.29, 0.717) is 0 Å². The number of nitrogens with one attached hydrogen (secondary N) is 1. The summed E-state index contributed by atoms with van der Waals surface area (Å²) in [7, 11) is 0. The second-order valence-corrected chi connectivity index (χ2v) is 6.45. The van der Waals surface area contributed by atoms with Crippen molar-refractivity contribution in [3.8, 4) is 0 Å². The summed E-state index contributed by atoms with van der Waals surface area (Å²) in [5, 5.41) is 4.26. The van der Waals surface area contributed by atoms with Crippen LogP contribution in [0.25, 0.3) is 10.9 Å². The number of fused-ring (bicyclic) bond motifs is 2. The molecule has 3 heteroatoms. The average molecular weight is 280 g/mol. The Kier molecular flexibility index (Phi) is 2.78. The van der Waals surface area contributed by atoms with Crippen LogP contribution in [0.2, 0.25) is 0 Å². The highest BCUT2D eigenvalue weighted by atomic mass is 16.2. The van der Waals surface area contributed by atoms with Crippen LogP contribution in [0.15, 0.2) is 30.3 Å². The van der Waals surface area contributed by atoms with Crippen LogP contribution < -0.4 is 5.32 Å². The molecule has 3 nitrogen and oxygen atoms in total. The van der Waals surface area contributed by atoms with Crippen molar-refractivity contribution >= 4 is 16.8 Å². The van der Waals surface area contributed by atoms with Crippen molar-refractivity contribution in [3.05, 3.63) is 41.6 Å². The van der Waals surface area contributed by atoms with Crippen LogP contribution in [0.5, 0.6) is 0 Å². The van der Waals surface area contributed by atoms with E-state index in [1.54, 1.807) is 0 Å². The Morgan fingerprint density at radius 1 is 1.29 bits per heavy atom. The summed E-state index contributed by atoms with van der Waals surface area (Å²) in [5.74, 6) is 0.499. The fourth-order valence-corrected chi connectivity index (χ4v) is 4.15. The Hall–Kier alpha value is -1.90. The first-order valence-corrected chi connectivity index (χ1v) is 7.87. The Balaban J connectivity index is 1.85. The third kappa shape index (κ3) is 1.80. The molecule has 1 aliphatic carbocycles. The normalized spacial score (nSPS) is 28.4. The maximum absolute atomic E-state index is 12.5. The molecule has 1 aromatic heterocycles. The number of nitrogens with zero attached hydrogens (tertiary/aromatic N) is 1. The molecule has 1 saturated heterocycles. The zero-order valence-electron chi connectivity index (χ0n) is 12.4. The highest BCUT2D eigenvalue weighted by Gasteiger charge is 2.48. The van der Waals surface area contributed by atoms with Crippen molar-refractivity contribution in [1.29, 1.82) is 0 Å². The van der Waals surface area contributed by atoms with Crippen LogP contribution >= 0.6 is 0 Å². The minimum atomic E-state index is -0.213. The quantitative estimate of drug-likeness (QED) is 0.805. The summed E-state index contributed by atoms with van der Waals surface area (Å²) in [4.78, 5) is 17.4. The van der Waals surface area contributed by atoms with E-state index in [0.717, 1.165) is 37.7 Å². The fraction of sp³-hybridized carbons (Fsp3) is 0.444. The minimum Gasteiger partial charge on any atom is -0.356 e. The van der Waals surface area contributed by atoms with Crippen LogP contribution in [0.3, 0.4) is 0 Å². The summed E-state index contributed by atoms with van der Waals surface area (Å²) in [5.41, 5.74) is 3.31. The van der Waals surface area contributed by atoms with E-state index in [1.807, 2.05) is 12.1 Å². The lowest BCUT2D eigenvalue weighted by atomic mass is 9.62. The molecule has 4 rings (SSSR count). The van der Waals surface area contributed by atoms with Gasteiger partial charge in [0.25, 0.3) is 0 Å². The number of pyridine rings is 1. The SMILES string of the molecule is CC1c2cc3ccccc3nc2CCC12CCCNC2=O. The van der Waals surface area contributed by atoms with E-state index in [4.69, 9.17) is 4.98 Å². The zero-order valence-corrected chi connectivity index (χ0v) is 12.4. The number of carbonyl (C=O) groups is 1. The number of hydrogen-bond donors (Lipinski definition) is 1. The Labute approximate surface area is 124 Å². The van der Waals surface area contributed by atoms with E-state index in [-0.39, 0.29) is 17.2 Å². The molecule has 1 N–H and O–H groups in total. The number of benzene rings is 1. The van der Waals surface area contributed by atoms with Crippen molar-refractivity contribution < 1.29 is 4.79 Å². The van der Waals surface area contributed by atoms with Crippen LogP contribution in [-0.2, 0) is 11.2 Å². The van der Waals surface area contributed by atoms with Crippen LogP contribution in [0.4, 0.5) is 0 Å². The first-order chi connectivity index (χ1) is 10.2. The van der Waals surface area contributed by atoms with Crippen molar-refractivity contribution in [2.45, 2.75) is 38.5 Å². The Morgan fingerprint density at radius 3 is 3.00 bits per heavy atom. The van der Waals surface area contributed by atoms with Gasteiger partial charge in [0.15, 0.2) is 0 Å². The molecule has 2 unspecified atom stereocenters. The monoisotopic (exact) mass is 280 g/mol. The number of piperidine rings is 1. The number of aromatic nitrogens is 1. The van der Waals surface area contributed by atoms with Gasteiger partial charge in [0.1, 0.15) is 0 Å². The van der Waals surface area contributed by atoms with Crippen molar-refractivity contribution in [2.24, 2.45) is 5.41 Å². The van der Waals surface area contributed by atoms with Gasteiger partial charge in [-0.3, -0.25) is 9.78 Å². The van der Waals surface area contributed by atoms with Crippen molar-refractivity contribution in [3.63, 3.8) is 0 Å². The summed E-state index contributed by atoms with van der Waals surface area (Å²) >= 11 is 0. The molecule has 1 spiro atoms. The number of amides is 1. The van der Waals surface area contributed by atoms with E-state index in [9.17, 15) is 4.79 Å². The van der Waals surface area contributed by atoms with Gasteiger partial charge >= 0.3 is 0 Å². The number of aryl methyl sites for hydroxylation is 1. The molecule has 1 amide bonds. The van der Waals surface area contributed by atoms with Gasteiger partial charge < -0.3 is 5.32 Å². The Morgan fingerprint density at radius 2 is 2.14 bits per heavy atom. The molecule has 2 heterocycles. The van der Waals surface area contributed by atoms with E-state index >= 15 is 0 Å². The van der Waals surface area contributed by atoms with E-state index in [2.05, 4.69) is 30.4 Å². The predicted molar refractivity (Wildman–Crippen MR) is 83.2 cm³/mol. The number of hydrogen-bond acceptors (Lipinski definition) is 2. The van der Waals surface area contributed by atoms with Crippen LogP contribution in [-0.4, -0.2) is 17.4 Å². The summed E-state index contributed by atoms with van der Waals surface area (Å²) in [6.45, 7) is 3.04. The van der Waals surface area contributed by atoms with Gasteiger partial charge in [-0.1, -0.05) is 25.1 Å². The standard InChI is InChI=1S/C18H20N2O/c1-12-14-11-13-5-2-3-6-15(13)20-16(14)7-9-18(12)8-4-10-19-17(18)21/h2-3,5-6,11-12H,4,7-10H2,1H3,(H,19,21). The second-order valence-electron chi connectivity index (χ2n) is 6.45. The Bertz CT molecular complexity index is 724. The van der Waals surface area contributed by atoms with Crippen LogP contribution in [0, 0.1) is 5.41 Å². The van der Waals surface area contributed by atoms with Crippen molar-refractivity contribution in [2.75, 3.05) is 6.54 Å². The lowest BCUT2D eigenvalue weighted by molar-refractivity contribution is -0.135. The molecule has 1 aromatic carbocycles. The number of rotatable bonds is 0. The molecule has 2 aliphatic rings. The van der Waals surface area contributed by atoms with Gasteiger partial charge in [0.05, 0.1) is 10.9 Å². The molecule has 0 saturated carbocycles. The van der Waals surface area contributed by atoms with E-state index in [1.165, 1.54) is 16.6 Å².